The predicted octanol–water partition coefficient (Wildman–Crippen LogP) is 3.62. The van der Waals surface area contributed by atoms with E-state index in [0.29, 0.717) is 0 Å². The van der Waals surface area contributed by atoms with Crippen molar-refractivity contribution in [3.8, 4) is 10.6 Å². The summed E-state index contributed by atoms with van der Waals surface area (Å²) in [5.74, 6) is 6.82. The summed E-state index contributed by atoms with van der Waals surface area (Å²) in [6.45, 7) is 0. The molecule has 0 aliphatic heterocycles. The first-order chi connectivity index (χ1) is 9.33. The number of aromatic nitrogens is 2. The van der Waals surface area contributed by atoms with Crippen LogP contribution in [0.2, 0.25) is 0 Å². The van der Waals surface area contributed by atoms with Crippen LogP contribution in [0.25, 0.3) is 10.6 Å². The van der Waals surface area contributed by atoms with Crippen molar-refractivity contribution >= 4 is 23.1 Å². The standard InChI is InChI=1S/C14H13N3S2/c15-17-9-12(13-7-4-8-18-13)16-14(17)19-10-11-5-2-1-3-6-11/h1-9H,10,15H2. The average molecular weight is 287 g/mol. The van der Waals surface area contributed by atoms with E-state index in [-0.39, 0.29) is 0 Å². The number of hydrogen-bond acceptors (Lipinski definition) is 4. The monoisotopic (exact) mass is 287 g/mol. The van der Waals surface area contributed by atoms with Gasteiger partial charge in [-0.2, -0.15) is 0 Å². The number of imidazole rings is 1. The lowest BCUT2D eigenvalue weighted by Gasteiger charge is -2.01. The Balaban J connectivity index is 1.75. The minimum Gasteiger partial charge on any atom is -0.337 e. The van der Waals surface area contributed by atoms with Crippen LogP contribution >= 0.6 is 23.1 Å². The Morgan fingerprint density at radius 3 is 2.74 bits per heavy atom. The molecule has 1 aromatic carbocycles. The number of thioether (sulfide) groups is 1. The summed E-state index contributed by atoms with van der Waals surface area (Å²) in [7, 11) is 0. The van der Waals surface area contributed by atoms with Crippen LogP contribution < -0.4 is 5.84 Å². The normalized spacial score (nSPS) is 10.7. The Morgan fingerprint density at radius 1 is 1.16 bits per heavy atom. The molecule has 0 bridgehead atoms. The molecule has 0 saturated carbocycles. The van der Waals surface area contributed by atoms with Gasteiger partial charge in [0.1, 0.15) is 5.69 Å². The Morgan fingerprint density at radius 2 is 2.00 bits per heavy atom. The highest BCUT2D eigenvalue weighted by Gasteiger charge is 2.09. The number of nitrogens with two attached hydrogens (primary N) is 1. The highest BCUT2D eigenvalue weighted by Crippen LogP contribution is 2.27. The molecule has 96 valence electrons. The van der Waals surface area contributed by atoms with E-state index in [1.54, 1.807) is 27.8 Å². The first-order valence-corrected chi connectivity index (χ1v) is 7.74. The minimum atomic E-state index is 0.840. The van der Waals surface area contributed by atoms with Crippen molar-refractivity contribution < 1.29 is 0 Å². The molecule has 0 spiro atoms. The van der Waals surface area contributed by atoms with Gasteiger partial charge < -0.3 is 5.84 Å². The highest BCUT2D eigenvalue weighted by atomic mass is 32.2. The molecule has 0 aliphatic rings. The van der Waals surface area contributed by atoms with Gasteiger partial charge in [-0.05, 0) is 17.0 Å². The van der Waals surface area contributed by atoms with Crippen LogP contribution in [0, 0.1) is 0 Å². The van der Waals surface area contributed by atoms with E-state index in [9.17, 15) is 0 Å². The zero-order valence-corrected chi connectivity index (χ0v) is 11.8. The quantitative estimate of drug-likeness (QED) is 0.589. The lowest BCUT2D eigenvalue weighted by Crippen LogP contribution is -2.07. The third-order valence-electron chi connectivity index (χ3n) is 2.68. The average Bonchev–Trinajstić information content (AvgIpc) is 3.07. The Labute approximate surface area is 120 Å². The molecule has 19 heavy (non-hydrogen) atoms. The fourth-order valence-electron chi connectivity index (χ4n) is 1.75. The number of nitrogen functional groups attached to an aromatic ring is 1. The van der Waals surface area contributed by atoms with E-state index in [0.717, 1.165) is 21.5 Å². The lowest BCUT2D eigenvalue weighted by molar-refractivity contribution is 0.851. The summed E-state index contributed by atoms with van der Waals surface area (Å²) in [5.41, 5.74) is 2.21. The molecule has 2 N–H and O–H groups in total. The molecule has 5 heteroatoms. The summed E-state index contributed by atoms with van der Waals surface area (Å²) >= 11 is 3.32. The minimum absolute atomic E-state index is 0.840. The molecule has 0 aliphatic carbocycles. The summed E-state index contributed by atoms with van der Waals surface area (Å²) in [4.78, 5) is 5.72. The molecule has 0 saturated heterocycles. The van der Waals surface area contributed by atoms with Crippen LogP contribution in [-0.4, -0.2) is 9.66 Å². The van der Waals surface area contributed by atoms with Crippen molar-refractivity contribution in [3.63, 3.8) is 0 Å². The van der Waals surface area contributed by atoms with Gasteiger partial charge in [0.05, 0.1) is 11.1 Å². The molecular weight excluding hydrogens is 274 g/mol. The van der Waals surface area contributed by atoms with Gasteiger partial charge in [-0.25, -0.2) is 9.66 Å². The van der Waals surface area contributed by atoms with Crippen molar-refractivity contribution in [2.24, 2.45) is 0 Å². The number of nitrogens with zero attached hydrogens (tertiary/aromatic N) is 2. The van der Waals surface area contributed by atoms with Gasteiger partial charge in [0, 0.05) is 5.75 Å². The van der Waals surface area contributed by atoms with Crippen molar-refractivity contribution in [3.05, 3.63) is 59.6 Å². The molecule has 0 radical (unpaired) electrons. The first-order valence-electron chi connectivity index (χ1n) is 5.88. The van der Waals surface area contributed by atoms with E-state index in [2.05, 4.69) is 23.2 Å². The molecular formula is C14H13N3S2. The van der Waals surface area contributed by atoms with Crippen LogP contribution in [0.5, 0.6) is 0 Å². The smallest absolute Gasteiger partial charge is 0.187 e. The maximum Gasteiger partial charge on any atom is 0.187 e. The van der Waals surface area contributed by atoms with Crippen molar-refractivity contribution in [1.29, 1.82) is 0 Å². The fourth-order valence-corrected chi connectivity index (χ4v) is 3.28. The van der Waals surface area contributed by atoms with E-state index in [1.807, 2.05) is 35.8 Å². The molecule has 2 aromatic heterocycles. The fraction of sp³-hybridized carbons (Fsp3) is 0.0714. The topological polar surface area (TPSA) is 43.8 Å². The van der Waals surface area contributed by atoms with Gasteiger partial charge in [0.15, 0.2) is 5.16 Å². The molecule has 0 unspecified atom stereocenters. The van der Waals surface area contributed by atoms with E-state index >= 15 is 0 Å². The van der Waals surface area contributed by atoms with Crippen LogP contribution in [-0.2, 0) is 5.75 Å². The summed E-state index contributed by atoms with van der Waals surface area (Å²) in [6.07, 6.45) is 1.87. The summed E-state index contributed by atoms with van der Waals surface area (Å²) < 4.78 is 1.60. The van der Waals surface area contributed by atoms with Gasteiger partial charge in [0.25, 0.3) is 0 Å². The van der Waals surface area contributed by atoms with Crippen LogP contribution in [0.1, 0.15) is 5.56 Å². The van der Waals surface area contributed by atoms with Gasteiger partial charge in [-0.3, -0.25) is 0 Å². The Kier molecular flexibility index (Phi) is 3.57. The molecule has 0 fully saturated rings. The van der Waals surface area contributed by atoms with Crippen LogP contribution in [0.3, 0.4) is 0 Å². The summed E-state index contributed by atoms with van der Waals surface area (Å²) in [5, 5.41) is 2.88. The lowest BCUT2D eigenvalue weighted by atomic mass is 10.2. The Hall–Kier alpha value is -1.72. The molecule has 0 atom stereocenters. The maximum atomic E-state index is 5.95. The van der Waals surface area contributed by atoms with Gasteiger partial charge >= 0.3 is 0 Å². The first kappa shape index (κ1) is 12.3. The second kappa shape index (κ2) is 5.50. The number of hydrogen-bond donors (Lipinski definition) is 1. The van der Waals surface area contributed by atoms with Crippen LogP contribution in [0.15, 0.2) is 59.2 Å². The molecule has 3 aromatic rings. The summed E-state index contributed by atoms with van der Waals surface area (Å²) in [6, 6.07) is 14.4. The van der Waals surface area contributed by atoms with Crippen molar-refractivity contribution in [2.75, 3.05) is 5.84 Å². The van der Waals surface area contributed by atoms with Crippen LogP contribution in [0.4, 0.5) is 0 Å². The number of benzene rings is 1. The Bertz CT molecular complexity index is 645. The van der Waals surface area contributed by atoms with Crippen molar-refractivity contribution in [1.82, 2.24) is 9.66 Å². The van der Waals surface area contributed by atoms with E-state index in [1.165, 1.54) is 5.56 Å². The zero-order valence-electron chi connectivity index (χ0n) is 10.2. The predicted molar refractivity (Wildman–Crippen MR) is 81.7 cm³/mol. The van der Waals surface area contributed by atoms with E-state index < -0.39 is 0 Å². The second-order valence-electron chi connectivity index (χ2n) is 4.07. The van der Waals surface area contributed by atoms with E-state index in [4.69, 9.17) is 5.84 Å². The molecule has 3 nitrogen and oxygen atoms in total. The zero-order chi connectivity index (χ0) is 13.1. The van der Waals surface area contributed by atoms with Crippen molar-refractivity contribution in [2.45, 2.75) is 10.9 Å². The highest BCUT2D eigenvalue weighted by molar-refractivity contribution is 7.98. The maximum absolute atomic E-state index is 5.95. The van der Waals surface area contributed by atoms with Gasteiger partial charge in [-0.15, -0.1) is 11.3 Å². The number of thiophene rings is 1. The van der Waals surface area contributed by atoms with Gasteiger partial charge in [-0.1, -0.05) is 48.2 Å². The third kappa shape index (κ3) is 2.83. The third-order valence-corrected chi connectivity index (χ3v) is 4.61. The molecule has 0 amide bonds. The SMILES string of the molecule is Nn1cc(-c2cccs2)nc1SCc1ccccc1. The largest absolute Gasteiger partial charge is 0.337 e. The number of rotatable bonds is 4. The molecule has 2 heterocycles. The second-order valence-corrected chi connectivity index (χ2v) is 5.96. The molecule has 3 rings (SSSR count). The van der Waals surface area contributed by atoms with Gasteiger partial charge in [0.2, 0.25) is 0 Å².